The Morgan fingerprint density at radius 1 is 1.30 bits per heavy atom. The standard InChI is InChI=1S/C16H10N4O3/c17-9-11(16-18-12-5-1-2-6-13(12)19-16)8-10-4-3-7-14(15(10)21)20(22)23/h1-8,21H,(H,18,19). The molecule has 0 aliphatic carbocycles. The van der Waals surface area contributed by atoms with Crippen molar-refractivity contribution in [3.63, 3.8) is 0 Å². The van der Waals surface area contributed by atoms with E-state index in [1.54, 1.807) is 6.07 Å². The lowest BCUT2D eigenvalue weighted by Gasteiger charge is -2.00. The highest BCUT2D eigenvalue weighted by Gasteiger charge is 2.16. The molecular weight excluding hydrogens is 296 g/mol. The minimum Gasteiger partial charge on any atom is -0.502 e. The van der Waals surface area contributed by atoms with Crippen molar-refractivity contribution in [1.82, 2.24) is 9.97 Å². The minimum atomic E-state index is -0.681. The number of hydrogen-bond donors (Lipinski definition) is 2. The Bertz CT molecular complexity index is 949. The van der Waals surface area contributed by atoms with Crippen LogP contribution in [0.4, 0.5) is 5.69 Å². The SMILES string of the molecule is N#CC(=Cc1cccc([N+](=O)[O-])c1O)c1nc2ccccc2[nH]1. The molecule has 23 heavy (non-hydrogen) atoms. The maximum absolute atomic E-state index is 10.9. The summed E-state index contributed by atoms with van der Waals surface area (Å²) in [5, 5.41) is 30.2. The lowest BCUT2D eigenvalue weighted by Crippen LogP contribution is -1.90. The molecule has 1 heterocycles. The summed E-state index contributed by atoms with van der Waals surface area (Å²) in [6, 6.07) is 13.4. The van der Waals surface area contributed by atoms with Crippen molar-refractivity contribution < 1.29 is 10.0 Å². The van der Waals surface area contributed by atoms with Crippen molar-refractivity contribution in [2.45, 2.75) is 0 Å². The predicted molar refractivity (Wildman–Crippen MR) is 84.3 cm³/mol. The number of phenolic OH excluding ortho intramolecular Hbond substituents is 1. The summed E-state index contributed by atoms with van der Waals surface area (Å²) >= 11 is 0. The molecule has 3 aromatic rings. The Morgan fingerprint density at radius 3 is 2.78 bits per heavy atom. The van der Waals surface area contributed by atoms with Crippen molar-refractivity contribution in [3.8, 4) is 11.8 Å². The Balaban J connectivity index is 2.11. The third kappa shape index (κ3) is 2.61. The number of hydrogen-bond acceptors (Lipinski definition) is 5. The van der Waals surface area contributed by atoms with E-state index in [1.165, 1.54) is 24.3 Å². The normalized spacial score (nSPS) is 11.3. The van der Waals surface area contributed by atoms with E-state index in [2.05, 4.69) is 9.97 Å². The molecule has 0 fully saturated rings. The van der Waals surface area contributed by atoms with Gasteiger partial charge in [0.2, 0.25) is 5.75 Å². The van der Waals surface area contributed by atoms with Crippen LogP contribution in [0.3, 0.4) is 0 Å². The van der Waals surface area contributed by atoms with Gasteiger partial charge in [-0.15, -0.1) is 0 Å². The summed E-state index contributed by atoms with van der Waals surface area (Å²) < 4.78 is 0. The molecule has 2 N–H and O–H groups in total. The second-order valence-electron chi connectivity index (χ2n) is 4.74. The number of nitro groups is 1. The number of nitrogens with one attached hydrogen (secondary N) is 1. The summed E-state index contributed by atoms with van der Waals surface area (Å²) in [6.07, 6.45) is 1.36. The summed E-state index contributed by atoms with van der Waals surface area (Å²) in [6.45, 7) is 0. The Labute approximate surface area is 130 Å². The van der Waals surface area contributed by atoms with Crippen molar-refractivity contribution in [1.29, 1.82) is 5.26 Å². The number of nitrogens with zero attached hydrogens (tertiary/aromatic N) is 3. The van der Waals surface area contributed by atoms with E-state index in [-0.39, 0.29) is 11.1 Å². The molecule has 2 aromatic carbocycles. The van der Waals surface area contributed by atoms with Crippen LogP contribution in [0.1, 0.15) is 11.4 Å². The Hall–Kier alpha value is -3.66. The number of para-hydroxylation sites is 3. The number of fused-ring (bicyclic) bond motifs is 1. The van der Waals surface area contributed by atoms with Crippen LogP contribution >= 0.6 is 0 Å². The quantitative estimate of drug-likeness (QED) is 0.437. The molecule has 0 saturated heterocycles. The highest BCUT2D eigenvalue weighted by molar-refractivity contribution is 5.91. The lowest BCUT2D eigenvalue weighted by molar-refractivity contribution is -0.385. The van der Waals surface area contributed by atoms with Crippen molar-refractivity contribution >= 4 is 28.4 Å². The van der Waals surface area contributed by atoms with Crippen LogP contribution in [0.15, 0.2) is 42.5 Å². The predicted octanol–water partition coefficient (Wildman–Crippen LogP) is 3.24. The maximum Gasteiger partial charge on any atom is 0.311 e. The van der Waals surface area contributed by atoms with Crippen molar-refractivity contribution in [3.05, 3.63) is 64.0 Å². The molecule has 0 saturated carbocycles. The Morgan fingerprint density at radius 2 is 2.09 bits per heavy atom. The molecular formula is C16H10N4O3. The van der Waals surface area contributed by atoms with Gasteiger partial charge in [-0.1, -0.05) is 24.3 Å². The summed E-state index contributed by atoms with van der Waals surface area (Å²) in [7, 11) is 0. The molecule has 1 aromatic heterocycles. The van der Waals surface area contributed by atoms with Gasteiger partial charge in [0.15, 0.2) is 0 Å². The summed E-state index contributed by atoms with van der Waals surface area (Å²) in [5.74, 6) is -0.152. The van der Waals surface area contributed by atoms with Gasteiger partial charge in [0, 0.05) is 11.6 Å². The fraction of sp³-hybridized carbons (Fsp3) is 0. The molecule has 0 spiro atoms. The van der Waals surface area contributed by atoms with Crippen LogP contribution in [-0.4, -0.2) is 20.0 Å². The van der Waals surface area contributed by atoms with E-state index in [9.17, 15) is 20.5 Å². The molecule has 0 aliphatic rings. The number of allylic oxidation sites excluding steroid dienone is 1. The molecule has 7 nitrogen and oxygen atoms in total. The van der Waals surface area contributed by atoms with Crippen LogP contribution in [0.25, 0.3) is 22.7 Å². The molecule has 112 valence electrons. The van der Waals surface area contributed by atoms with Gasteiger partial charge >= 0.3 is 5.69 Å². The van der Waals surface area contributed by atoms with E-state index in [0.717, 1.165) is 5.52 Å². The number of imidazole rings is 1. The van der Waals surface area contributed by atoms with Gasteiger partial charge in [-0.25, -0.2) is 4.98 Å². The average Bonchev–Trinajstić information content (AvgIpc) is 2.97. The second-order valence-corrected chi connectivity index (χ2v) is 4.74. The first-order valence-corrected chi connectivity index (χ1v) is 6.63. The second kappa shape index (κ2) is 5.61. The molecule has 3 rings (SSSR count). The van der Waals surface area contributed by atoms with Crippen LogP contribution in [0.2, 0.25) is 0 Å². The number of H-pyrrole nitrogens is 1. The van der Waals surface area contributed by atoms with Gasteiger partial charge in [-0.3, -0.25) is 10.1 Å². The van der Waals surface area contributed by atoms with E-state index >= 15 is 0 Å². The zero-order valence-corrected chi connectivity index (χ0v) is 11.7. The van der Waals surface area contributed by atoms with Gasteiger partial charge in [0.05, 0.1) is 21.5 Å². The van der Waals surface area contributed by atoms with Crippen LogP contribution in [0.5, 0.6) is 5.75 Å². The van der Waals surface area contributed by atoms with Gasteiger partial charge in [0.1, 0.15) is 11.9 Å². The highest BCUT2D eigenvalue weighted by atomic mass is 16.6. The van der Waals surface area contributed by atoms with E-state index in [0.29, 0.717) is 11.3 Å². The van der Waals surface area contributed by atoms with E-state index < -0.39 is 16.4 Å². The topological polar surface area (TPSA) is 116 Å². The molecule has 7 heteroatoms. The highest BCUT2D eigenvalue weighted by Crippen LogP contribution is 2.31. The third-order valence-corrected chi connectivity index (χ3v) is 3.31. The smallest absolute Gasteiger partial charge is 0.311 e. The molecule has 0 bridgehead atoms. The lowest BCUT2D eigenvalue weighted by atomic mass is 10.1. The summed E-state index contributed by atoms with van der Waals surface area (Å²) in [4.78, 5) is 17.5. The van der Waals surface area contributed by atoms with Crippen molar-refractivity contribution in [2.75, 3.05) is 0 Å². The number of aromatic nitrogens is 2. The van der Waals surface area contributed by atoms with E-state index in [4.69, 9.17) is 0 Å². The first kappa shape index (κ1) is 14.3. The Kier molecular flexibility index (Phi) is 3.49. The van der Waals surface area contributed by atoms with Gasteiger partial charge in [0.25, 0.3) is 0 Å². The maximum atomic E-state index is 10.9. The van der Waals surface area contributed by atoms with E-state index in [1.807, 2.05) is 24.3 Å². The molecule has 0 atom stereocenters. The number of rotatable bonds is 3. The fourth-order valence-corrected chi connectivity index (χ4v) is 2.20. The minimum absolute atomic E-state index is 0.164. The molecule has 0 aliphatic heterocycles. The van der Waals surface area contributed by atoms with Crippen molar-refractivity contribution in [2.24, 2.45) is 0 Å². The zero-order chi connectivity index (χ0) is 16.4. The number of phenols is 1. The first-order valence-electron chi connectivity index (χ1n) is 6.63. The molecule has 0 radical (unpaired) electrons. The first-order chi connectivity index (χ1) is 11.1. The number of benzene rings is 2. The summed E-state index contributed by atoms with van der Waals surface area (Å²) in [5.41, 5.74) is 1.40. The molecule has 0 amide bonds. The average molecular weight is 306 g/mol. The largest absolute Gasteiger partial charge is 0.502 e. The number of aromatic hydroxyl groups is 1. The van der Waals surface area contributed by atoms with Gasteiger partial charge in [-0.05, 0) is 18.2 Å². The zero-order valence-electron chi connectivity index (χ0n) is 11.7. The van der Waals surface area contributed by atoms with Gasteiger partial charge in [-0.2, -0.15) is 5.26 Å². The van der Waals surface area contributed by atoms with Gasteiger partial charge < -0.3 is 10.1 Å². The number of aromatic amines is 1. The fourth-order valence-electron chi connectivity index (χ4n) is 2.20. The third-order valence-electron chi connectivity index (χ3n) is 3.31. The monoisotopic (exact) mass is 306 g/mol. The van der Waals surface area contributed by atoms with Crippen LogP contribution in [0, 0.1) is 21.4 Å². The van der Waals surface area contributed by atoms with Crippen LogP contribution < -0.4 is 0 Å². The number of nitro benzene ring substituents is 1. The molecule has 0 unspecified atom stereocenters. The van der Waals surface area contributed by atoms with Crippen LogP contribution in [-0.2, 0) is 0 Å². The number of nitriles is 1.